The molecule has 2 aliphatic rings. The van der Waals surface area contributed by atoms with Crippen LogP contribution in [0.1, 0.15) is 32.1 Å². The van der Waals surface area contributed by atoms with Crippen LogP contribution in [0.4, 0.5) is 10.5 Å². The van der Waals surface area contributed by atoms with Crippen molar-refractivity contribution in [3.8, 4) is 11.5 Å². The molecular weight excluding hydrogens is 272 g/mol. The molecule has 0 unspecified atom stereocenters. The SMILES string of the molecule is O=C(NCCO)Nc1ccc2c(c1)OC1(CCCCC1)O2. The second-order valence-electron chi connectivity index (χ2n) is 5.44. The van der Waals surface area contributed by atoms with Crippen molar-refractivity contribution in [2.24, 2.45) is 0 Å². The first-order valence-electron chi connectivity index (χ1n) is 7.39. The number of ether oxygens (including phenoxy) is 2. The quantitative estimate of drug-likeness (QED) is 0.798. The minimum absolute atomic E-state index is 0.0862. The molecule has 1 fully saturated rings. The van der Waals surface area contributed by atoms with Crippen LogP contribution in [0.5, 0.6) is 11.5 Å². The zero-order valence-corrected chi connectivity index (χ0v) is 11.9. The number of rotatable bonds is 3. The lowest BCUT2D eigenvalue weighted by Crippen LogP contribution is -2.40. The van der Waals surface area contributed by atoms with Crippen molar-refractivity contribution >= 4 is 11.7 Å². The summed E-state index contributed by atoms with van der Waals surface area (Å²) >= 11 is 0. The van der Waals surface area contributed by atoms with E-state index >= 15 is 0 Å². The molecule has 0 bridgehead atoms. The summed E-state index contributed by atoms with van der Waals surface area (Å²) in [5, 5.41) is 13.9. The molecule has 1 spiro atoms. The smallest absolute Gasteiger partial charge is 0.319 e. The van der Waals surface area contributed by atoms with Crippen molar-refractivity contribution in [1.29, 1.82) is 0 Å². The molecule has 6 heteroatoms. The number of nitrogens with one attached hydrogen (secondary N) is 2. The largest absolute Gasteiger partial charge is 0.448 e. The van der Waals surface area contributed by atoms with Crippen molar-refractivity contribution in [3.05, 3.63) is 18.2 Å². The number of anilines is 1. The van der Waals surface area contributed by atoms with Crippen LogP contribution in [0.25, 0.3) is 0 Å². The predicted molar refractivity (Wildman–Crippen MR) is 77.6 cm³/mol. The molecule has 0 atom stereocenters. The number of hydrogen-bond donors (Lipinski definition) is 3. The van der Waals surface area contributed by atoms with Gasteiger partial charge in [-0.3, -0.25) is 0 Å². The van der Waals surface area contributed by atoms with Gasteiger partial charge in [0.2, 0.25) is 0 Å². The summed E-state index contributed by atoms with van der Waals surface area (Å²) < 4.78 is 12.0. The van der Waals surface area contributed by atoms with Crippen LogP contribution in [-0.4, -0.2) is 30.1 Å². The predicted octanol–water partition coefficient (Wildman–Crippen LogP) is 2.23. The molecule has 0 saturated heterocycles. The highest BCUT2D eigenvalue weighted by Crippen LogP contribution is 2.46. The minimum Gasteiger partial charge on any atom is -0.448 e. The zero-order chi connectivity index (χ0) is 14.7. The molecule has 3 N–H and O–H groups in total. The molecule has 0 radical (unpaired) electrons. The average molecular weight is 292 g/mol. The van der Waals surface area contributed by atoms with Gasteiger partial charge in [0.25, 0.3) is 5.79 Å². The van der Waals surface area contributed by atoms with Gasteiger partial charge >= 0.3 is 6.03 Å². The summed E-state index contributed by atoms with van der Waals surface area (Å²) in [7, 11) is 0. The van der Waals surface area contributed by atoms with Gasteiger partial charge in [-0.05, 0) is 25.0 Å². The fourth-order valence-corrected chi connectivity index (χ4v) is 2.81. The van der Waals surface area contributed by atoms with E-state index in [1.807, 2.05) is 6.07 Å². The van der Waals surface area contributed by atoms with Gasteiger partial charge in [-0.15, -0.1) is 0 Å². The number of hydrogen-bond acceptors (Lipinski definition) is 4. The van der Waals surface area contributed by atoms with Gasteiger partial charge in [0, 0.05) is 31.1 Å². The fourth-order valence-electron chi connectivity index (χ4n) is 2.81. The van der Waals surface area contributed by atoms with Crippen LogP contribution in [0.2, 0.25) is 0 Å². The van der Waals surface area contributed by atoms with E-state index in [0.29, 0.717) is 11.4 Å². The lowest BCUT2D eigenvalue weighted by Gasteiger charge is -2.31. The Hall–Kier alpha value is -1.95. The fraction of sp³-hybridized carbons (Fsp3) is 0.533. The van der Waals surface area contributed by atoms with E-state index in [4.69, 9.17) is 14.6 Å². The number of benzene rings is 1. The maximum Gasteiger partial charge on any atom is 0.319 e. The Kier molecular flexibility index (Phi) is 3.88. The standard InChI is InChI=1S/C15H20N2O4/c18-9-8-16-14(19)17-11-4-5-12-13(10-11)21-15(20-12)6-2-1-3-7-15/h4-5,10,18H,1-3,6-9H2,(H2,16,17,19). The zero-order valence-electron chi connectivity index (χ0n) is 11.9. The Morgan fingerprint density at radius 2 is 1.95 bits per heavy atom. The Morgan fingerprint density at radius 1 is 1.19 bits per heavy atom. The molecule has 1 saturated carbocycles. The van der Waals surface area contributed by atoms with Gasteiger partial charge in [-0.25, -0.2) is 4.79 Å². The Labute approximate surface area is 123 Å². The van der Waals surface area contributed by atoms with Gasteiger partial charge in [0.05, 0.1) is 6.61 Å². The highest BCUT2D eigenvalue weighted by atomic mass is 16.7. The number of fused-ring (bicyclic) bond motifs is 1. The maximum absolute atomic E-state index is 11.6. The number of carbonyl (C=O) groups is 1. The van der Waals surface area contributed by atoms with E-state index in [1.165, 1.54) is 6.42 Å². The highest BCUT2D eigenvalue weighted by Gasteiger charge is 2.42. The highest BCUT2D eigenvalue weighted by molar-refractivity contribution is 5.89. The molecule has 0 aromatic heterocycles. The lowest BCUT2D eigenvalue weighted by atomic mass is 9.94. The molecular formula is C15H20N2O4. The molecule has 1 aromatic rings. The average Bonchev–Trinajstić information content (AvgIpc) is 2.82. The van der Waals surface area contributed by atoms with E-state index in [9.17, 15) is 4.79 Å². The molecule has 1 aromatic carbocycles. The first-order valence-corrected chi connectivity index (χ1v) is 7.39. The van der Waals surface area contributed by atoms with Crippen molar-refractivity contribution in [2.75, 3.05) is 18.5 Å². The maximum atomic E-state index is 11.6. The van der Waals surface area contributed by atoms with E-state index in [1.54, 1.807) is 12.1 Å². The van der Waals surface area contributed by atoms with Crippen LogP contribution in [0.15, 0.2) is 18.2 Å². The third-order valence-electron chi connectivity index (χ3n) is 3.81. The third kappa shape index (κ3) is 3.05. The van der Waals surface area contributed by atoms with Gasteiger partial charge in [0.15, 0.2) is 11.5 Å². The Balaban J connectivity index is 1.67. The molecule has 2 amide bonds. The molecule has 1 heterocycles. The second-order valence-corrected chi connectivity index (χ2v) is 5.44. The van der Waals surface area contributed by atoms with Crippen molar-refractivity contribution in [2.45, 2.75) is 37.9 Å². The normalized spacial score (nSPS) is 18.5. The molecule has 6 nitrogen and oxygen atoms in total. The third-order valence-corrected chi connectivity index (χ3v) is 3.81. The van der Waals surface area contributed by atoms with E-state index < -0.39 is 5.79 Å². The number of aliphatic hydroxyl groups is 1. The number of carbonyl (C=O) groups excluding carboxylic acids is 1. The summed E-state index contributed by atoms with van der Waals surface area (Å²) in [5.74, 6) is 0.910. The summed E-state index contributed by atoms with van der Waals surface area (Å²) in [6, 6.07) is 5.02. The molecule has 114 valence electrons. The van der Waals surface area contributed by atoms with E-state index in [-0.39, 0.29) is 19.2 Å². The second kappa shape index (κ2) is 5.81. The van der Waals surface area contributed by atoms with Crippen LogP contribution < -0.4 is 20.1 Å². The van der Waals surface area contributed by atoms with Gasteiger partial charge in [-0.1, -0.05) is 6.42 Å². The number of urea groups is 1. The van der Waals surface area contributed by atoms with E-state index in [0.717, 1.165) is 31.4 Å². The van der Waals surface area contributed by atoms with Crippen molar-refractivity contribution in [1.82, 2.24) is 5.32 Å². The van der Waals surface area contributed by atoms with Gasteiger partial charge in [0.1, 0.15) is 0 Å². The van der Waals surface area contributed by atoms with Crippen LogP contribution in [0, 0.1) is 0 Å². The van der Waals surface area contributed by atoms with E-state index in [2.05, 4.69) is 10.6 Å². The number of amides is 2. The monoisotopic (exact) mass is 292 g/mol. The summed E-state index contributed by atoms with van der Waals surface area (Å²) in [4.78, 5) is 11.6. The first kappa shape index (κ1) is 14.0. The minimum atomic E-state index is -0.502. The Bertz CT molecular complexity index is 526. The van der Waals surface area contributed by atoms with Gasteiger partial charge < -0.3 is 25.2 Å². The summed E-state index contributed by atoms with van der Waals surface area (Å²) in [5.41, 5.74) is 0.639. The first-order chi connectivity index (χ1) is 10.2. The van der Waals surface area contributed by atoms with Gasteiger partial charge in [-0.2, -0.15) is 0 Å². The summed E-state index contributed by atoms with van der Waals surface area (Å²) in [6.07, 6.45) is 5.26. The molecule has 1 aliphatic carbocycles. The van der Waals surface area contributed by atoms with Crippen LogP contribution >= 0.6 is 0 Å². The van der Waals surface area contributed by atoms with Crippen LogP contribution in [0.3, 0.4) is 0 Å². The summed E-state index contributed by atoms with van der Waals surface area (Å²) in [6.45, 7) is 0.135. The van der Waals surface area contributed by atoms with Crippen molar-refractivity contribution < 1.29 is 19.4 Å². The van der Waals surface area contributed by atoms with Crippen molar-refractivity contribution in [3.63, 3.8) is 0 Å². The molecule has 3 rings (SSSR count). The van der Waals surface area contributed by atoms with Crippen LogP contribution in [-0.2, 0) is 0 Å². The Morgan fingerprint density at radius 3 is 2.71 bits per heavy atom. The topological polar surface area (TPSA) is 79.8 Å². The molecule has 1 aliphatic heterocycles. The lowest BCUT2D eigenvalue weighted by molar-refractivity contribution is -0.105. The number of aliphatic hydroxyl groups excluding tert-OH is 1. The molecule has 21 heavy (non-hydrogen) atoms.